The number of hydrogen-bond acceptors (Lipinski definition) is 5. The van der Waals surface area contributed by atoms with Crippen molar-refractivity contribution >= 4 is 23.0 Å². The van der Waals surface area contributed by atoms with E-state index in [0.29, 0.717) is 18.1 Å². The molecule has 0 spiro atoms. The number of hydrogen-bond donors (Lipinski definition) is 2. The molecule has 0 aliphatic rings. The van der Waals surface area contributed by atoms with Gasteiger partial charge in [-0.25, -0.2) is 9.97 Å². The predicted molar refractivity (Wildman–Crippen MR) is 69.5 cm³/mol. The SMILES string of the molecule is NC(=S)c1nccnc1NCc1cccnc1. The first-order valence-corrected chi connectivity index (χ1v) is 5.42. The Labute approximate surface area is 104 Å². The van der Waals surface area contributed by atoms with Gasteiger partial charge in [0, 0.05) is 31.3 Å². The first-order chi connectivity index (χ1) is 8.27. The smallest absolute Gasteiger partial charge is 0.155 e. The van der Waals surface area contributed by atoms with Crippen LogP contribution in [0.2, 0.25) is 0 Å². The first-order valence-electron chi connectivity index (χ1n) is 5.01. The molecule has 0 saturated carbocycles. The number of nitrogens with zero attached hydrogens (tertiary/aromatic N) is 3. The minimum absolute atomic E-state index is 0.229. The van der Waals surface area contributed by atoms with Crippen molar-refractivity contribution in [1.82, 2.24) is 15.0 Å². The third kappa shape index (κ3) is 2.94. The van der Waals surface area contributed by atoms with Crippen molar-refractivity contribution in [2.75, 3.05) is 5.32 Å². The summed E-state index contributed by atoms with van der Waals surface area (Å²) in [6.07, 6.45) is 6.66. The summed E-state index contributed by atoms with van der Waals surface area (Å²) in [6.45, 7) is 0.599. The Hall–Kier alpha value is -2.08. The lowest BCUT2D eigenvalue weighted by molar-refractivity contribution is 1.06. The normalized spacial score (nSPS) is 9.88. The molecule has 17 heavy (non-hydrogen) atoms. The summed E-state index contributed by atoms with van der Waals surface area (Å²) in [4.78, 5) is 12.5. The van der Waals surface area contributed by atoms with E-state index < -0.39 is 0 Å². The van der Waals surface area contributed by atoms with Crippen molar-refractivity contribution in [3.05, 3.63) is 48.2 Å². The Balaban J connectivity index is 2.12. The topological polar surface area (TPSA) is 76.7 Å². The van der Waals surface area contributed by atoms with E-state index in [4.69, 9.17) is 18.0 Å². The second kappa shape index (κ2) is 5.31. The standard InChI is InChI=1S/C11H11N5S/c12-10(17)9-11(15-5-4-14-9)16-7-8-2-1-3-13-6-8/h1-6H,7H2,(H2,12,17)(H,15,16). The molecule has 5 nitrogen and oxygen atoms in total. The third-order valence-corrected chi connectivity index (χ3v) is 2.31. The van der Waals surface area contributed by atoms with Crippen molar-refractivity contribution < 1.29 is 0 Å². The highest BCUT2D eigenvalue weighted by Crippen LogP contribution is 2.09. The molecule has 0 aliphatic heterocycles. The number of rotatable bonds is 4. The Morgan fingerprint density at radius 2 is 2.12 bits per heavy atom. The maximum atomic E-state index is 5.56. The largest absolute Gasteiger partial charge is 0.388 e. The summed E-state index contributed by atoms with van der Waals surface area (Å²) < 4.78 is 0. The molecular formula is C11H11N5S. The quantitative estimate of drug-likeness (QED) is 0.786. The highest BCUT2D eigenvalue weighted by molar-refractivity contribution is 7.80. The minimum Gasteiger partial charge on any atom is -0.388 e. The van der Waals surface area contributed by atoms with E-state index in [2.05, 4.69) is 20.3 Å². The molecule has 3 N–H and O–H groups in total. The van der Waals surface area contributed by atoms with Crippen LogP contribution in [0.4, 0.5) is 5.82 Å². The van der Waals surface area contributed by atoms with Crippen LogP contribution in [0.25, 0.3) is 0 Å². The fourth-order valence-electron chi connectivity index (χ4n) is 1.34. The van der Waals surface area contributed by atoms with E-state index in [1.807, 2.05) is 12.1 Å². The molecule has 6 heteroatoms. The van der Waals surface area contributed by atoms with Gasteiger partial charge in [-0.15, -0.1) is 0 Å². The summed E-state index contributed by atoms with van der Waals surface area (Å²) in [7, 11) is 0. The van der Waals surface area contributed by atoms with Gasteiger partial charge >= 0.3 is 0 Å². The van der Waals surface area contributed by atoms with Gasteiger partial charge in [-0.1, -0.05) is 18.3 Å². The van der Waals surface area contributed by atoms with E-state index in [1.165, 1.54) is 0 Å². The molecule has 2 aromatic heterocycles. The number of thiocarbonyl (C=S) groups is 1. The fraction of sp³-hybridized carbons (Fsp3) is 0.0909. The molecule has 86 valence electrons. The molecular weight excluding hydrogens is 234 g/mol. The Kier molecular flexibility index (Phi) is 3.56. The van der Waals surface area contributed by atoms with Crippen molar-refractivity contribution in [3.63, 3.8) is 0 Å². The summed E-state index contributed by atoms with van der Waals surface area (Å²) in [6, 6.07) is 3.85. The van der Waals surface area contributed by atoms with Crippen LogP contribution in [0.1, 0.15) is 11.3 Å². The predicted octanol–water partition coefficient (Wildman–Crippen LogP) is 1.12. The molecule has 0 saturated heterocycles. The summed E-state index contributed by atoms with van der Waals surface area (Å²) in [5, 5.41) is 3.13. The average molecular weight is 245 g/mol. The second-order valence-electron chi connectivity index (χ2n) is 3.33. The van der Waals surface area contributed by atoms with Gasteiger partial charge in [0.2, 0.25) is 0 Å². The van der Waals surface area contributed by atoms with Gasteiger partial charge in [0.25, 0.3) is 0 Å². The molecule has 2 aromatic rings. The maximum absolute atomic E-state index is 5.56. The molecule has 2 rings (SSSR count). The van der Waals surface area contributed by atoms with Gasteiger partial charge < -0.3 is 11.1 Å². The zero-order chi connectivity index (χ0) is 12.1. The van der Waals surface area contributed by atoms with E-state index in [-0.39, 0.29) is 4.99 Å². The van der Waals surface area contributed by atoms with Crippen molar-refractivity contribution in [3.8, 4) is 0 Å². The third-order valence-electron chi connectivity index (χ3n) is 2.11. The van der Waals surface area contributed by atoms with E-state index in [0.717, 1.165) is 5.56 Å². The lowest BCUT2D eigenvalue weighted by Crippen LogP contribution is -2.16. The van der Waals surface area contributed by atoms with Gasteiger partial charge in [-0.05, 0) is 11.6 Å². The Morgan fingerprint density at radius 3 is 2.82 bits per heavy atom. The molecule has 0 bridgehead atoms. The van der Waals surface area contributed by atoms with E-state index in [1.54, 1.807) is 24.8 Å². The number of pyridine rings is 1. The number of aromatic nitrogens is 3. The van der Waals surface area contributed by atoms with Crippen molar-refractivity contribution in [2.45, 2.75) is 6.54 Å². The average Bonchev–Trinajstić information content (AvgIpc) is 2.38. The minimum atomic E-state index is 0.229. The molecule has 0 fully saturated rings. The summed E-state index contributed by atoms with van der Waals surface area (Å²) in [5.74, 6) is 0.587. The highest BCUT2D eigenvalue weighted by Gasteiger charge is 2.06. The molecule has 0 radical (unpaired) electrons. The van der Waals surface area contributed by atoms with Crippen LogP contribution in [0.3, 0.4) is 0 Å². The van der Waals surface area contributed by atoms with Crippen molar-refractivity contribution in [1.29, 1.82) is 0 Å². The highest BCUT2D eigenvalue weighted by atomic mass is 32.1. The molecule has 2 heterocycles. The van der Waals surface area contributed by atoms with Crippen LogP contribution in [0.5, 0.6) is 0 Å². The van der Waals surface area contributed by atoms with Gasteiger partial charge in [-0.3, -0.25) is 4.98 Å². The Morgan fingerprint density at radius 1 is 1.29 bits per heavy atom. The maximum Gasteiger partial charge on any atom is 0.155 e. The van der Waals surface area contributed by atoms with Crippen LogP contribution in [0, 0.1) is 0 Å². The first kappa shape index (κ1) is 11.4. The van der Waals surface area contributed by atoms with E-state index >= 15 is 0 Å². The van der Waals surface area contributed by atoms with Gasteiger partial charge in [-0.2, -0.15) is 0 Å². The molecule has 0 atom stereocenters. The molecule has 0 aliphatic carbocycles. The summed E-state index contributed by atoms with van der Waals surface area (Å²) in [5.41, 5.74) is 7.11. The van der Waals surface area contributed by atoms with Crippen LogP contribution in [0.15, 0.2) is 36.9 Å². The van der Waals surface area contributed by atoms with Crippen LogP contribution < -0.4 is 11.1 Å². The lowest BCUT2D eigenvalue weighted by atomic mass is 10.3. The van der Waals surface area contributed by atoms with Gasteiger partial charge in [0.05, 0.1) is 0 Å². The van der Waals surface area contributed by atoms with Crippen LogP contribution >= 0.6 is 12.2 Å². The van der Waals surface area contributed by atoms with E-state index in [9.17, 15) is 0 Å². The van der Waals surface area contributed by atoms with Crippen LogP contribution in [-0.4, -0.2) is 19.9 Å². The fourth-order valence-corrected chi connectivity index (χ4v) is 1.49. The lowest BCUT2D eigenvalue weighted by Gasteiger charge is -2.08. The Bertz CT molecular complexity index is 514. The second-order valence-corrected chi connectivity index (χ2v) is 3.77. The zero-order valence-electron chi connectivity index (χ0n) is 9.00. The molecule has 0 aromatic carbocycles. The van der Waals surface area contributed by atoms with Gasteiger partial charge in [0.15, 0.2) is 5.82 Å². The number of anilines is 1. The monoisotopic (exact) mass is 245 g/mol. The molecule has 0 unspecified atom stereocenters. The van der Waals surface area contributed by atoms with Gasteiger partial charge in [0.1, 0.15) is 10.7 Å². The zero-order valence-corrected chi connectivity index (χ0v) is 9.81. The number of nitrogens with two attached hydrogens (primary N) is 1. The summed E-state index contributed by atoms with van der Waals surface area (Å²) >= 11 is 4.90. The molecule has 0 amide bonds. The van der Waals surface area contributed by atoms with Crippen molar-refractivity contribution in [2.24, 2.45) is 5.73 Å². The van der Waals surface area contributed by atoms with Crippen LogP contribution in [-0.2, 0) is 6.54 Å². The number of nitrogens with one attached hydrogen (secondary N) is 1.